The second kappa shape index (κ2) is 10.9. The summed E-state index contributed by atoms with van der Waals surface area (Å²) in [7, 11) is 0. The van der Waals surface area contributed by atoms with E-state index in [4.69, 9.17) is 9.97 Å². The van der Waals surface area contributed by atoms with Gasteiger partial charge in [0.05, 0.1) is 11.4 Å². The molecule has 48 heavy (non-hydrogen) atoms. The molecular weight excluding hydrogens is 585 g/mol. The number of para-hydroxylation sites is 3. The Morgan fingerprint density at radius 1 is 0.542 bits per heavy atom. The van der Waals surface area contributed by atoms with E-state index in [0.717, 1.165) is 29.3 Å². The van der Waals surface area contributed by atoms with Gasteiger partial charge in [-0.05, 0) is 121 Å². The molecule has 2 heterocycles. The van der Waals surface area contributed by atoms with E-state index < -0.39 is 0 Å². The molecule has 2 saturated carbocycles. The number of hydrogen-bond donors (Lipinski definition) is 0. The van der Waals surface area contributed by atoms with Gasteiger partial charge < -0.3 is 9.80 Å². The summed E-state index contributed by atoms with van der Waals surface area (Å²) in [6, 6.07) is 48.8. The lowest BCUT2D eigenvalue weighted by molar-refractivity contribution is 0.382. The van der Waals surface area contributed by atoms with Crippen LogP contribution < -0.4 is 9.80 Å². The van der Waals surface area contributed by atoms with Gasteiger partial charge in [0.1, 0.15) is 5.82 Å². The fourth-order valence-corrected chi connectivity index (χ4v) is 9.15. The van der Waals surface area contributed by atoms with Crippen LogP contribution >= 0.6 is 0 Å². The number of fused-ring (bicyclic) bond motifs is 4. The van der Waals surface area contributed by atoms with Crippen molar-refractivity contribution in [3.63, 3.8) is 0 Å². The Kier molecular flexibility index (Phi) is 6.59. The van der Waals surface area contributed by atoms with Crippen LogP contribution in [-0.4, -0.2) is 9.97 Å². The first-order valence-electron chi connectivity index (χ1n) is 17.3. The summed E-state index contributed by atoms with van der Waals surface area (Å²) in [4.78, 5) is 14.3. The number of aromatic nitrogens is 2. The van der Waals surface area contributed by atoms with E-state index in [1.165, 1.54) is 59.4 Å². The van der Waals surface area contributed by atoms with Gasteiger partial charge in [-0.15, -0.1) is 0 Å². The SMILES string of the molecule is CC1(C)c2ccccc2N(c2ccc(C34CCC(c5ncccn5)(CC3)C4)cc2)c2ccc(N(c3ccccc3)c3ccccc3)cc21. The molecular formula is C44H40N4. The largest absolute Gasteiger partial charge is 0.310 e. The van der Waals surface area contributed by atoms with Crippen molar-refractivity contribution in [2.45, 2.75) is 62.2 Å². The van der Waals surface area contributed by atoms with Crippen LogP contribution in [0.3, 0.4) is 0 Å². The van der Waals surface area contributed by atoms with E-state index in [9.17, 15) is 0 Å². The minimum atomic E-state index is -0.188. The summed E-state index contributed by atoms with van der Waals surface area (Å²) >= 11 is 0. The average molecular weight is 625 g/mol. The van der Waals surface area contributed by atoms with Gasteiger partial charge in [0.2, 0.25) is 0 Å². The zero-order valence-electron chi connectivity index (χ0n) is 27.7. The molecule has 5 aromatic carbocycles. The Morgan fingerprint density at radius 2 is 1.12 bits per heavy atom. The van der Waals surface area contributed by atoms with E-state index in [2.05, 4.69) is 151 Å². The first kappa shape index (κ1) is 29.0. The molecule has 0 unspecified atom stereocenters. The predicted octanol–water partition coefficient (Wildman–Crippen LogP) is 11.2. The summed E-state index contributed by atoms with van der Waals surface area (Å²) in [6.45, 7) is 4.73. The van der Waals surface area contributed by atoms with E-state index in [1.807, 2.05) is 18.5 Å². The molecule has 236 valence electrons. The third-order valence-electron chi connectivity index (χ3n) is 11.6. The lowest BCUT2D eigenvalue weighted by atomic mass is 9.73. The van der Waals surface area contributed by atoms with Crippen LogP contribution in [-0.2, 0) is 16.2 Å². The van der Waals surface area contributed by atoms with Crippen LogP contribution in [0.15, 0.2) is 146 Å². The number of anilines is 6. The normalized spacial score (nSPS) is 21.8. The summed E-state index contributed by atoms with van der Waals surface area (Å²) in [5.41, 5.74) is 11.4. The predicted molar refractivity (Wildman–Crippen MR) is 196 cm³/mol. The first-order chi connectivity index (χ1) is 23.5. The molecule has 2 aliphatic carbocycles. The highest BCUT2D eigenvalue weighted by Crippen LogP contribution is 2.62. The maximum Gasteiger partial charge on any atom is 0.134 e. The highest BCUT2D eigenvalue weighted by Gasteiger charge is 2.57. The Morgan fingerprint density at radius 3 is 1.79 bits per heavy atom. The highest BCUT2D eigenvalue weighted by atomic mass is 15.2. The molecule has 6 aromatic rings. The average Bonchev–Trinajstić information content (AvgIpc) is 3.73. The monoisotopic (exact) mass is 624 g/mol. The van der Waals surface area contributed by atoms with Gasteiger partial charge in [-0.2, -0.15) is 0 Å². The fourth-order valence-electron chi connectivity index (χ4n) is 9.15. The number of hydrogen-bond acceptors (Lipinski definition) is 4. The third kappa shape index (κ3) is 4.42. The van der Waals surface area contributed by atoms with Gasteiger partial charge in [0.25, 0.3) is 0 Å². The lowest BCUT2D eigenvalue weighted by Gasteiger charge is -2.43. The minimum absolute atomic E-state index is 0.126. The maximum absolute atomic E-state index is 4.72. The van der Waals surface area contributed by atoms with Crippen LogP contribution in [0, 0.1) is 0 Å². The first-order valence-corrected chi connectivity index (χ1v) is 17.3. The van der Waals surface area contributed by atoms with Gasteiger partial charge in [0.15, 0.2) is 0 Å². The molecule has 0 N–H and O–H groups in total. The summed E-state index contributed by atoms with van der Waals surface area (Å²) < 4.78 is 0. The molecule has 0 radical (unpaired) electrons. The molecule has 3 aliphatic rings. The highest BCUT2D eigenvalue weighted by molar-refractivity contribution is 5.88. The van der Waals surface area contributed by atoms with Crippen LogP contribution in [0.2, 0.25) is 0 Å². The molecule has 9 rings (SSSR count). The van der Waals surface area contributed by atoms with Crippen molar-refractivity contribution in [3.05, 3.63) is 168 Å². The molecule has 1 aromatic heterocycles. The Hall–Kier alpha value is -5.22. The van der Waals surface area contributed by atoms with Crippen molar-refractivity contribution in [2.75, 3.05) is 9.80 Å². The van der Waals surface area contributed by atoms with Gasteiger partial charge in [-0.25, -0.2) is 9.97 Å². The molecule has 1 aliphatic heterocycles. The van der Waals surface area contributed by atoms with E-state index in [-0.39, 0.29) is 16.2 Å². The lowest BCUT2D eigenvalue weighted by Crippen LogP contribution is -2.31. The molecule has 0 amide bonds. The summed E-state index contributed by atoms with van der Waals surface area (Å²) in [5, 5.41) is 0. The van der Waals surface area contributed by atoms with Gasteiger partial charge in [-0.3, -0.25) is 0 Å². The summed E-state index contributed by atoms with van der Waals surface area (Å²) in [6.07, 6.45) is 9.72. The van der Waals surface area contributed by atoms with Crippen LogP contribution in [0.5, 0.6) is 0 Å². The second-order valence-corrected chi connectivity index (χ2v) is 14.5. The van der Waals surface area contributed by atoms with E-state index >= 15 is 0 Å². The Labute approximate surface area is 283 Å². The van der Waals surface area contributed by atoms with Crippen molar-refractivity contribution in [3.8, 4) is 0 Å². The molecule has 2 bridgehead atoms. The van der Waals surface area contributed by atoms with Crippen LogP contribution in [0.25, 0.3) is 0 Å². The van der Waals surface area contributed by atoms with Gasteiger partial charge >= 0.3 is 0 Å². The molecule has 2 fully saturated rings. The molecule has 4 nitrogen and oxygen atoms in total. The minimum Gasteiger partial charge on any atom is -0.310 e. The van der Waals surface area contributed by atoms with E-state index in [0.29, 0.717) is 0 Å². The standard InChI is InChI=1S/C44H40N4/c1-42(2)37-16-9-10-17-39(37)48(35-20-18-32(19-21-35)43-24-26-44(31-43,27-25-43)41-45-28-11-29-46-41)40-23-22-36(30-38(40)42)47(33-12-5-3-6-13-33)34-14-7-4-8-15-34/h3-23,28-30H,24-27,31H2,1-2H3. The van der Waals surface area contributed by atoms with Gasteiger partial charge in [-0.1, -0.05) is 80.6 Å². The Balaban J connectivity index is 1.12. The van der Waals surface area contributed by atoms with Crippen molar-refractivity contribution in [1.82, 2.24) is 9.97 Å². The number of rotatable bonds is 6. The van der Waals surface area contributed by atoms with Crippen molar-refractivity contribution in [2.24, 2.45) is 0 Å². The number of nitrogens with zero attached hydrogens (tertiary/aromatic N) is 4. The molecule has 4 heteroatoms. The fraction of sp³-hybridized carbons (Fsp3) is 0.227. The second-order valence-electron chi connectivity index (χ2n) is 14.5. The molecule has 0 spiro atoms. The smallest absolute Gasteiger partial charge is 0.134 e. The number of benzene rings is 5. The molecule has 0 atom stereocenters. The topological polar surface area (TPSA) is 32.3 Å². The van der Waals surface area contributed by atoms with Crippen LogP contribution in [0.4, 0.5) is 34.1 Å². The van der Waals surface area contributed by atoms with E-state index in [1.54, 1.807) is 0 Å². The quantitative estimate of drug-likeness (QED) is 0.185. The van der Waals surface area contributed by atoms with Crippen LogP contribution in [0.1, 0.15) is 68.5 Å². The van der Waals surface area contributed by atoms with Gasteiger partial charge in [0, 0.05) is 46.0 Å². The summed E-state index contributed by atoms with van der Waals surface area (Å²) in [5.74, 6) is 1.04. The third-order valence-corrected chi connectivity index (χ3v) is 11.6. The molecule has 0 saturated heterocycles. The van der Waals surface area contributed by atoms with Crippen molar-refractivity contribution < 1.29 is 0 Å². The maximum atomic E-state index is 4.72. The van der Waals surface area contributed by atoms with Crippen molar-refractivity contribution in [1.29, 1.82) is 0 Å². The zero-order chi connectivity index (χ0) is 32.3. The van der Waals surface area contributed by atoms with Crippen molar-refractivity contribution >= 4 is 34.1 Å². The Bertz CT molecular complexity index is 2040. The zero-order valence-corrected chi connectivity index (χ0v) is 27.7.